The Labute approximate surface area is 135 Å². The molecule has 0 radical (unpaired) electrons. The highest BCUT2D eigenvalue weighted by Gasteiger charge is 2.19. The highest BCUT2D eigenvalue weighted by molar-refractivity contribution is 7.81. The molecule has 5 heteroatoms. The van der Waals surface area contributed by atoms with Gasteiger partial charge in [0.2, 0.25) is 0 Å². The Morgan fingerprint density at radius 2 is 1.86 bits per heavy atom. The first kappa shape index (κ1) is 13.5. The van der Waals surface area contributed by atoms with Crippen molar-refractivity contribution in [3.8, 4) is 0 Å². The van der Waals surface area contributed by atoms with Crippen LogP contribution in [0.2, 0.25) is 0 Å². The number of nitrogens with zero attached hydrogens (tertiary/aromatic N) is 1. The molecule has 4 rings (SSSR count). The topological polar surface area (TPSA) is 43.1 Å². The predicted molar refractivity (Wildman–Crippen MR) is 92.9 cm³/mol. The van der Waals surface area contributed by atoms with E-state index in [1.165, 1.54) is 0 Å². The van der Waals surface area contributed by atoms with Crippen LogP contribution in [0.15, 0.2) is 63.8 Å². The van der Waals surface area contributed by atoms with Crippen molar-refractivity contribution in [2.24, 2.45) is 0 Å². The lowest BCUT2D eigenvalue weighted by atomic mass is 10.1. The van der Waals surface area contributed by atoms with Gasteiger partial charge in [0.25, 0.3) is 0 Å². The number of thiol groups is 1. The number of benzene rings is 2. The molecule has 1 atom stereocenters. The monoisotopic (exact) mass is 325 g/mol. The Hall–Kier alpha value is -2.11. The van der Waals surface area contributed by atoms with E-state index in [1.54, 1.807) is 17.4 Å². The fourth-order valence-corrected chi connectivity index (χ4v) is 3.78. The molecule has 0 amide bonds. The second-order valence-corrected chi connectivity index (χ2v) is 6.53. The van der Waals surface area contributed by atoms with Crippen LogP contribution in [0, 0.1) is 0 Å². The first-order chi connectivity index (χ1) is 10.7. The fraction of sp³-hybridized carbons (Fsp3) is 0.0588. The SMILES string of the molecule is O=c1oc2ccccc2cc1C(S)c1nc2ccccc2s1. The second-order valence-electron chi connectivity index (χ2n) is 4.95. The lowest BCUT2D eigenvalue weighted by Gasteiger charge is -2.07. The third-order valence-electron chi connectivity index (χ3n) is 3.51. The largest absolute Gasteiger partial charge is 0.422 e. The molecule has 3 nitrogen and oxygen atoms in total. The molecule has 22 heavy (non-hydrogen) atoms. The minimum absolute atomic E-state index is 0.363. The maximum Gasteiger partial charge on any atom is 0.341 e. The van der Waals surface area contributed by atoms with Gasteiger partial charge in [-0.05, 0) is 24.3 Å². The maximum absolute atomic E-state index is 12.2. The van der Waals surface area contributed by atoms with Crippen molar-refractivity contribution < 1.29 is 4.42 Å². The summed E-state index contributed by atoms with van der Waals surface area (Å²) in [6.07, 6.45) is 0. The van der Waals surface area contributed by atoms with Gasteiger partial charge in [0.15, 0.2) is 0 Å². The average molecular weight is 325 g/mol. The first-order valence-electron chi connectivity index (χ1n) is 6.79. The van der Waals surface area contributed by atoms with Crippen LogP contribution >= 0.6 is 24.0 Å². The molecule has 0 bridgehead atoms. The van der Waals surface area contributed by atoms with Gasteiger partial charge in [0, 0.05) is 5.39 Å². The maximum atomic E-state index is 12.2. The molecular weight excluding hydrogens is 314 g/mol. The van der Waals surface area contributed by atoms with E-state index in [2.05, 4.69) is 17.6 Å². The molecule has 2 heterocycles. The summed E-state index contributed by atoms with van der Waals surface area (Å²) >= 11 is 6.15. The zero-order valence-corrected chi connectivity index (χ0v) is 13.1. The van der Waals surface area contributed by atoms with E-state index >= 15 is 0 Å². The summed E-state index contributed by atoms with van der Waals surface area (Å²) < 4.78 is 6.47. The Morgan fingerprint density at radius 1 is 1.09 bits per heavy atom. The zero-order valence-electron chi connectivity index (χ0n) is 11.4. The van der Waals surface area contributed by atoms with E-state index < -0.39 is 5.25 Å². The van der Waals surface area contributed by atoms with Crippen molar-refractivity contribution in [2.45, 2.75) is 5.25 Å². The third kappa shape index (κ3) is 2.23. The summed E-state index contributed by atoms with van der Waals surface area (Å²) in [5.74, 6) is 0. The van der Waals surface area contributed by atoms with Gasteiger partial charge in [0.1, 0.15) is 10.6 Å². The van der Waals surface area contributed by atoms with Gasteiger partial charge in [-0.3, -0.25) is 0 Å². The standard InChI is InChI=1S/C17H11NO2S2/c19-17-11(9-10-5-1-3-7-13(10)20-17)15(21)16-18-12-6-2-4-8-14(12)22-16/h1-9,15,21H. The summed E-state index contributed by atoms with van der Waals surface area (Å²) in [6, 6.07) is 17.2. The van der Waals surface area contributed by atoms with Crippen LogP contribution in [-0.4, -0.2) is 4.98 Å². The summed E-state index contributed by atoms with van der Waals surface area (Å²) in [4.78, 5) is 16.8. The summed E-state index contributed by atoms with van der Waals surface area (Å²) in [7, 11) is 0. The minimum Gasteiger partial charge on any atom is -0.422 e. The Bertz CT molecular complexity index is 1000. The molecule has 108 valence electrons. The Morgan fingerprint density at radius 3 is 2.73 bits per heavy atom. The third-order valence-corrected chi connectivity index (χ3v) is 5.31. The van der Waals surface area contributed by atoms with Gasteiger partial charge >= 0.3 is 5.63 Å². The molecule has 4 aromatic rings. The van der Waals surface area contributed by atoms with Gasteiger partial charge in [-0.1, -0.05) is 30.3 Å². The number of para-hydroxylation sites is 2. The van der Waals surface area contributed by atoms with Crippen LogP contribution in [0.1, 0.15) is 15.8 Å². The summed E-state index contributed by atoms with van der Waals surface area (Å²) in [5.41, 5.74) is 1.66. The molecule has 2 aromatic heterocycles. The van der Waals surface area contributed by atoms with Gasteiger partial charge in [-0.15, -0.1) is 11.3 Å². The van der Waals surface area contributed by atoms with Gasteiger partial charge in [-0.2, -0.15) is 12.6 Å². The number of hydrogen-bond donors (Lipinski definition) is 1. The number of aromatic nitrogens is 1. The van der Waals surface area contributed by atoms with Gasteiger partial charge < -0.3 is 4.42 Å². The van der Waals surface area contributed by atoms with E-state index in [0.717, 1.165) is 20.6 Å². The van der Waals surface area contributed by atoms with Crippen molar-refractivity contribution in [1.82, 2.24) is 4.98 Å². The van der Waals surface area contributed by atoms with Gasteiger partial charge in [0.05, 0.1) is 21.0 Å². The minimum atomic E-state index is -0.391. The quantitative estimate of drug-likeness (QED) is 0.438. The molecule has 0 saturated heterocycles. The predicted octanol–water partition coefficient (Wildman–Crippen LogP) is 4.42. The number of hydrogen-bond acceptors (Lipinski definition) is 5. The zero-order chi connectivity index (χ0) is 15.1. The molecule has 0 aliphatic carbocycles. The van der Waals surface area contributed by atoms with E-state index in [4.69, 9.17) is 4.42 Å². The smallest absolute Gasteiger partial charge is 0.341 e. The molecule has 0 fully saturated rings. The molecule has 2 aromatic carbocycles. The van der Waals surface area contributed by atoms with Crippen LogP contribution < -0.4 is 5.63 Å². The number of rotatable bonds is 2. The second kappa shape index (κ2) is 5.26. The molecule has 0 saturated carbocycles. The van der Waals surface area contributed by atoms with Crippen LogP contribution in [0.3, 0.4) is 0 Å². The summed E-state index contributed by atoms with van der Waals surface area (Å²) in [5, 5.41) is 1.29. The summed E-state index contributed by atoms with van der Waals surface area (Å²) in [6.45, 7) is 0. The molecule has 0 aliphatic heterocycles. The normalized spacial score (nSPS) is 12.8. The van der Waals surface area contributed by atoms with E-state index in [1.807, 2.05) is 48.5 Å². The Kier molecular flexibility index (Phi) is 3.24. The van der Waals surface area contributed by atoms with Crippen LogP contribution in [0.4, 0.5) is 0 Å². The van der Waals surface area contributed by atoms with Crippen molar-refractivity contribution in [1.29, 1.82) is 0 Å². The number of thiazole rings is 1. The van der Waals surface area contributed by atoms with Crippen molar-refractivity contribution in [2.75, 3.05) is 0 Å². The van der Waals surface area contributed by atoms with Gasteiger partial charge in [-0.25, -0.2) is 9.78 Å². The van der Waals surface area contributed by atoms with Crippen LogP contribution in [-0.2, 0) is 0 Å². The first-order valence-corrected chi connectivity index (χ1v) is 8.12. The van der Waals surface area contributed by atoms with E-state index in [-0.39, 0.29) is 5.63 Å². The lowest BCUT2D eigenvalue weighted by molar-refractivity contribution is 0.552. The van der Waals surface area contributed by atoms with E-state index in [9.17, 15) is 4.79 Å². The number of fused-ring (bicyclic) bond motifs is 2. The fourth-order valence-electron chi connectivity index (χ4n) is 2.41. The van der Waals surface area contributed by atoms with Crippen LogP contribution in [0.25, 0.3) is 21.2 Å². The van der Waals surface area contributed by atoms with E-state index in [0.29, 0.717) is 11.1 Å². The molecule has 0 aliphatic rings. The lowest BCUT2D eigenvalue weighted by Crippen LogP contribution is -2.09. The van der Waals surface area contributed by atoms with Crippen molar-refractivity contribution in [3.63, 3.8) is 0 Å². The van der Waals surface area contributed by atoms with Crippen molar-refractivity contribution >= 4 is 45.2 Å². The Balaban J connectivity index is 1.86. The van der Waals surface area contributed by atoms with Crippen molar-refractivity contribution in [3.05, 3.63) is 75.6 Å². The molecular formula is C17H11NO2S2. The average Bonchev–Trinajstić information content (AvgIpc) is 2.97. The highest BCUT2D eigenvalue weighted by Crippen LogP contribution is 2.33. The highest BCUT2D eigenvalue weighted by atomic mass is 32.1. The molecule has 1 unspecified atom stereocenters. The molecule has 0 N–H and O–H groups in total. The van der Waals surface area contributed by atoms with Crippen LogP contribution in [0.5, 0.6) is 0 Å². The molecule has 0 spiro atoms.